The van der Waals surface area contributed by atoms with E-state index in [1.807, 2.05) is 4.90 Å². The van der Waals surface area contributed by atoms with E-state index in [9.17, 15) is 4.79 Å². The van der Waals surface area contributed by atoms with E-state index < -0.39 is 0 Å². The zero-order valence-electron chi connectivity index (χ0n) is 9.33. The van der Waals surface area contributed by atoms with Crippen molar-refractivity contribution >= 4 is 6.41 Å². The number of likely N-dealkylation sites (tertiary alicyclic amines) is 1. The van der Waals surface area contributed by atoms with Crippen molar-refractivity contribution in [2.75, 3.05) is 19.6 Å². The molecule has 1 aliphatic heterocycles. The first-order chi connectivity index (χ1) is 6.72. The average Bonchev–Trinajstić information content (AvgIpc) is 2.18. The Bertz CT molecular complexity index is 163. The van der Waals surface area contributed by atoms with Crippen LogP contribution >= 0.6 is 0 Å². The summed E-state index contributed by atoms with van der Waals surface area (Å²) in [5, 5.41) is 3.43. The maximum absolute atomic E-state index is 10.5. The molecule has 0 saturated carbocycles. The number of rotatable bonds is 5. The molecular formula is C11H22N2O. The van der Waals surface area contributed by atoms with Gasteiger partial charge in [-0.05, 0) is 31.7 Å². The number of carbonyl (C=O) groups is 1. The quantitative estimate of drug-likeness (QED) is 0.674. The monoisotopic (exact) mass is 198 g/mol. The lowest BCUT2D eigenvalue weighted by atomic mass is 9.94. The van der Waals surface area contributed by atoms with Crippen molar-refractivity contribution in [3.63, 3.8) is 0 Å². The minimum atomic E-state index is 0.588. The van der Waals surface area contributed by atoms with Gasteiger partial charge in [0.05, 0.1) is 0 Å². The van der Waals surface area contributed by atoms with E-state index in [0.29, 0.717) is 6.04 Å². The smallest absolute Gasteiger partial charge is 0.209 e. The molecule has 0 aromatic rings. The number of carbonyl (C=O) groups excluding carboxylic acids is 1. The third-order valence-corrected chi connectivity index (χ3v) is 2.90. The molecular weight excluding hydrogens is 176 g/mol. The van der Waals surface area contributed by atoms with Crippen LogP contribution in [0.1, 0.15) is 33.1 Å². The fourth-order valence-corrected chi connectivity index (χ4v) is 1.92. The largest absolute Gasteiger partial charge is 0.345 e. The number of nitrogens with zero attached hydrogens (tertiary/aromatic N) is 1. The highest BCUT2D eigenvalue weighted by molar-refractivity contribution is 5.47. The Morgan fingerprint density at radius 2 is 2.07 bits per heavy atom. The van der Waals surface area contributed by atoms with Gasteiger partial charge in [-0.25, -0.2) is 0 Å². The molecule has 0 unspecified atom stereocenters. The number of piperidine rings is 1. The Labute approximate surface area is 86.9 Å². The van der Waals surface area contributed by atoms with Crippen molar-refractivity contribution in [1.82, 2.24) is 10.2 Å². The van der Waals surface area contributed by atoms with Crippen LogP contribution in [0.25, 0.3) is 0 Å². The maximum atomic E-state index is 10.5. The van der Waals surface area contributed by atoms with Gasteiger partial charge in [0.2, 0.25) is 6.41 Å². The summed E-state index contributed by atoms with van der Waals surface area (Å²) in [5.74, 6) is 0.817. The molecule has 82 valence electrons. The molecule has 1 N–H and O–H groups in total. The fraction of sp³-hybridized carbons (Fsp3) is 0.909. The Morgan fingerprint density at radius 1 is 1.43 bits per heavy atom. The first-order valence-electron chi connectivity index (χ1n) is 5.65. The van der Waals surface area contributed by atoms with Crippen LogP contribution in [0, 0.1) is 5.92 Å². The van der Waals surface area contributed by atoms with E-state index in [4.69, 9.17) is 0 Å². The molecule has 14 heavy (non-hydrogen) atoms. The van der Waals surface area contributed by atoms with Gasteiger partial charge in [0.25, 0.3) is 0 Å². The fourth-order valence-electron chi connectivity index (χ4n) is 1.92. The lowest BCUT2D eigenvalue weighted by Crippen LogP contribution is -2.34. The number of amides is 1. The van der Waals surface area contributed by atoms with E-state index >= 15 is 0 Å². The molecule has 0 atom stereocenters. The lowest BCUT2D eigenvalue weighted by Gasteiger charge is -2.29. The number of hydrogen-bond acceptors (Lipinski definition) is 2. The molecule has 0 bridgehead atoms. The summed E-state index contributed by atoms with van der Waals surface area (Å²) in [5.41, 5.74) is 0. The Hall–Kier alpha value is -0.570. The summed E-state index contributed by atoms with van der Waals surface area (Å²) >= 11 is 0. The second kappa shape index (κ2) is 6.02. The van der Waals surface area contributed by atoms with E-state index in [0.717, 1.165) is 32.0 Å². The van der Waals surface area contributed by atoms with E-state index in [2.05, 4.69) is 19.2 Å². The maximum Gasteiger partial charge on any atom is 0.209 e. The van der Waals surface area contributed by atoms with Crippen LogP contribution in [-0.4, -0.2) is 37.0 Å². The molecule has 1 rings (SSSR count). The Balaban J connectivity index is 2.07. The zero-order valence-corrected chi connectivity index (χ0v) is 9.33. The normalized spacial score (nSPS) is 18.9. The highest BCUT2D eigenvalue weighted by Gasteiger charge is 2.17. The van der Waals surface area contributed by atoms with Crippen LogP contribution in [-0.2, 0) is 4.79 Å². The molecule has 1 fully saturated rings. The van der Waals surface area contributed by atoms with Crippen molar-refractivity contribution in [3.8, 4) is 0 Å². The second-order valence-corrected chi connectivity index (χ2v) is 4.48. The predicted octanol–water partition coefficient (Wildman–Crippen LogP) is 1.24. The number of hydrogen-bond donors (Lipinski definition) is 1. The van der Waals surface area contributed by atoms with Crippen molar-refractivity contribution in [2.24, 2.45) is 5.92 Å². The predicted molar refractivity (Wildman–Crippen MR) is 58.1 cm³/mol. The van der Waals surface area contributed by atoms with Crippen LogP contribution in [0.2, 0.25) is 0 Å². The summed E-state index contributed by atoms with van der Waals surface area (Å²) < 4.78 is 0. The SMILES string of the molecule is CC(C)NCCC1CCN(C=O)CC1. The van der Waals surface area contributed by atoms with E-state index in [1.54, 1.807) is 0 Å². The van der Waals surface area contributed by atoms with Crippen molar-refractivity contribution < 1.29 is 4.79 Å². The topological polar surface area (TPSA) is 32.3 Å². The lowest BCUT2D eigenvalue weighted by molar-refractivity contribution is -0.119. The van der Waals surface area contributed by atoms with Gasteiger partial charge in [-0.3, -0.25) is 4.79 Å². The molecule has 0 aromatic carbocycles. The van der Waals surface area contributed by atoms with Crippen LogP contribution in [0.15, 0.2) is 0 Å². The highest BCUT2D eigenvalue weighted by atomic mass is 16.1. The van der Waals surface area contributed by atoms with Gasteiger partial charge in [-0.2, -0.15) is 0 Å². The molecule has 1 heterocycles. The minimum Gasteiger partial charge on any atom is -0.345 e. The third kappa shape index (κ3) is 4.09. The van der Waals surface area contributed by atoms with Crippen LogP contribution in [0.5, 0.6) is 0 Å². The molecule has 1 saturated heterocycles. The molecule has 0 radical (unpaired) electrons. The third-order valence-electron chi connectivity index (χ3n) is 2.90. The average molecular weight is 198 g/mol. The van der Waals surface area contributed by atoms with Crippen LogP contribution < -0.4 is 5.32 Å². The van der Waals surface area contributed by atoms with E-state index in [-0.39, 0.29) is 0 Å². The van der Waals surface area contributed by atoms with Gasteiger partial charge in [0, 0.05) is 19.1 Å². The number of nitrogens with one attached hydrogen (secondary N) is 1. The molecule has 0 aromatic heterocycles. The van der Waals surface area contributed by atoms with Crippen molar-refractivity contribution in [3.05, 3.63) is 0 Å². The summed E-state index contributed by atoms with van der Waals surface area (Å²) in [7, 11) is 0. The van der Waals surface area contributed by atoms with Crippen molar-refractivity contribution in [1.29, 1.82) is 0 Å². The summed E-state index contributed by atoms with van der Waals surface area (Å²) in [4.78, 5) is 12.4. The van der Waals surface area contributed by atoms with Gasteiger partial charge in [-0.15, -0.1) is 0 Å². The first kappa shape index (κ1) is 11.5. The van der Waals surface area contributed by atoms with E-state index in [1.165, 1.54) is 19.3 Å². The first-order valence-corrected chi connectivity index (χ1v) is 5.65. The van der Waals surface area contributed by atoms with Gasteiger partial charge in [-0.1, -0.05) is 13.8 Å². The molecule has 0 aliphatic carbocycles. The van der Waals surface area contributed by atoms with Gasteiger partial charge < -0.3 is 10.2 Å². The van der Waals surface area contributed by atoms with Gasteiger partial charge in [0.15, 0.2) is 0 Å². The molecule has 1 aliphatic rings. The summed E-state index contributed by atoms with van der Waals surface area (Å²) in [6, 6.07) is 0.588. The zero-order chi connectivity index (χ0) is 10.4. The Kier molecular flexibility index (Phi) is 4.94. The molecule has 3 nitrogen and oxygen atoms in total. The second-order valence-electron chi connectivity index (χ2n) is 4.48. The Morgan fingerprint density at radius 3 is 2.57 bits per heavy atom. The minimum absolute atomic E-state index is 0.588. The van der Waals surface area contributed by atoms with Crippen LogP contribution in [0.3, 0.4) is 0 Å². The highest BCUT2D eigenvalue weighted by Crippen LogP contribution is 2.18. The van der Waals surface area contributed by atoms with Crippen molar-refractivity contribution in [2.45, 2.75) is 39.2 Å². The molecule has 0 spiro atoms. The summed E-state index contributed by atoms with van der Waals surface area (Å²) in [6.45, 7) is 7.37. The molecule has 3 heteroatoms. The van der Waals surface area contributed by atoms with Gasteiger partial charge >= 0.3 is 0 Å². The molecule has 1 amide bonds. The summed E-state index contributed by atoms with van der Waals surface area (Å²) in [6.07, 6.45) is 4.59. The van der Waals surface area contributed by atoms with Crippen LogP contribution in [0.4, 0.5) is 0 Å². The standard InChI is InChI=1S/C11H22N2O/c1-10(2)12-6-3-11-4-7-13(9-14)8-5-11/h9-12H,3-8H2,1-2H3. The van der Waals surface area contributed by atoms with Gasteiger partial charge in [0.1, 0.15) is 0 Å².